The van der Waals surface area contributed by atoms with E-state index in [-0.39, 0.29) is 36.1 Å². The lowest BCUT2D eigenvalue weighted by atomic mass is 9.73. The third-order valence-electron chi connectivity index (χ3n) is 6.90. The number of hydrogen-bond acceptors (Lipinski definition) is 2. The Bertz CT molecular complexity index is 831. The molecule has 0 radical (unpaired) electrons. The Hall–Kier alpha value is -1.84. The van der Waals surface area contributed by atoms with Crippen LogP contribution in [0.15, 0.2) is 18.2 Å². The SMILES string of the molecule is O=C(N[C@H]1CCOC1)[C@@H]1CC[C@H]2c3ccc(C(F)(C(F)(F)F)C(F)(F)F)cc3CC[C@@H]12. The third-order valence-corrected chi connectivity index (χ3v) is 6.90. The van der Waals surface area contributed by atoms with E-state index in [4.69, 9.17) is 4.74 Å². The second kappa shape index (κ2) is 7.64. The van der Waals surface area contributed by atoms with Gasteiger partial charge in [-0.2, -0.15) is 26.3 Å². The molecular formula is C21H22F7NO2. The summed E-state index contributed by atoms with van der Waals surface area (Å²) in [4.78, 5) is 12.7. The monoisotopic (exact) mass is 453 g/mol. The molecule has 1 N–H and O–H groups in total. The Kier molecular flexibility index (Phi) is 5.51. The number of amides is 1. The first-order valence-corrected chi connectivity index (χ1v) is 10.3. The van der Waals surface area contributed by atoms with E-state index in [9.17, 15) is 35.5 Å². The van der Waals surface area contributed by atoms with Gasteiger partial charge in [0.15, 0.2) is 0 Å². The summed E-state index contributed by atoms with van der Waals surface area (Å²) in [6, 6.07) is 2.44. The molecule has 1 heterocycles. The van der Waals surface area contributed by atoms with Gasteiger partial charge in [-0.25, -0.2) is 4.39 Å². The van der Waals surface area contributed by atoms with Crippen LogP contribution in [0, 0.1) is 11.8 Å². The molecule has 3 aliphatic rings. The van der Waals surface area contributed by atoms with Crippen LogP contribution < -0.4 is 5.32 Å². The fraction of sp³-hybridized carbons (Fsp3) is 0.667. The molecule has 3 nitrogen and oxygen atoms in total. The van der Waals surface area contributed by atoms with Gasteiger partial charge in [-0.3, -0.25) is 4.79 Å². The van der Waals surface area contributed by atoms with E-state index in [0.29, 0.717) is 55.7 Å². The van der Waals surface area contributed by atoms with Gasteiger partial charge in [-0.1, -0.05) is 18.2 Å². The van der Waals surface area contributed by atoms with Crippen molar-refractivity contribution in [2.45, 2.75) is 62.1 Å². The number of rotatable bonds is 3. The number of hydrogen-bond donors (Lipinski definition) is 1. The predicted molar refractivity (Wildman–Crippen MR) is 96.0 cm³/mol. The zero-order valence-corrected chi connectivity index (χ0v) is 16.5. The first kappa shape index (κ1) is 22.4. The fourth-order valence-corrected chi connectivity index (χ4v) is 5.35. The maximum Gasteiger partial charge on any atom is 0.435 e. The van der Waals surface area contributed by atoms with Crippen LogP contribution in [0.5, 0.6) is 0 Å². The van der Waals surface area contributed by atoms with Gasteiger partial charge in [0.05, 0.1) is 12.6 Å². The van der Waals surface area contributed by atoms with E-state index >= 15 is 0 Å². The van der Waals surface area contributed by atoms with E-state index in [0.717, 1.165) is 6.42 Å². The molecular weight excluding hydrogens is 431 g/mol. The Labute approximate surface area is 174 Å². The van der Waals surface area contributed by atoms with E-state index in [1.54, 1.807) is 0 Å². The smallest absolute Gasteiger partial charge is 0.379 e. The van der Waals surface area contributed by atoms with Gasteiger partial charge < -0.3 is 10.1 Å². The number of benzene rings is 1. The van der Waals surface area contributed by atoms with Crippen LogP contribution in [0.2, 0.25) is 0 Å². The fourth-order valence-electron chi connectivity index (χ4n) is 5.35. The molecule has 1 amide bonds. The number of alkyl halides is 7. The number of aryl methyl sites for hydroxylation is 1. The van der Waals surface area contributed by atoms with Gasteiger partial charge in [0.2, 0.25) is 5.91 Å². The molecule has 4 atom stereocenters. The molecule has 4 rings (SSSR count). The van der Waals surface area contributed by atoms with Gasteiger partial charge >= 0.3 is 18.0 Å². The molecule has 0 aromatic heterocycles. The number of halogens is 7. The molecule has 10 heteroatoms. The van der Waals surface area contributed by atoms with Crippen molar-refractivity contribution >= 4 is 5.91 Å². The summed E-state index contributed by atoms with van der Waals surface area (Å²) in [5.41, 5.74) is -5.96. The van der Waals surface area contributed by atoms with Crippen molar-refractivity contribution in [3.63, 3.8) is 0 Å². The maximum atomic E-state index is 14.4. The number of carbonyl (C=O) groups excluding carboxylic acids is 1. The summed E-state index contributed by atoms with van der Waals surface area (Å²) in [6.45, 7) is 1.05. The molecule has 0 unspecified atom stereocenters. The molecule has 0 bridgehead atoms. The first-order valence-electron chi connectivity index (χ1n) is 10.3. The number of nitrogens with one attached hydrogen (secondary N) is 1. The van der Waals surface area contributed by atoms with E-state index in [1.807, 2.05) is 0 Å². The lowest BCUT2D eigenvalue weighted by Crippen LogP contribution is -2.50. The average Bonchev–Trinajstić information content (AvgIpc) is 3.34. The number of ether oxygens (including phenoxy) is 1. The van der Waals surface area contributed by atoms with Crippen molar-refractivity contribution in [3.8, 4) is 0 Å². The molecule has 0 spiro atoms. The van der Waals surface area contributed by atoms with Crippen LogP contribution in [0.4, 0.5) is 30.7 Å². The van der Waals surface area contributed by atoms with Crippen LogP contribution in [-0.4, -0.2) is 37.5 Å². The minimum absolute atomic E-state index is 0.0348. The van der Waals surface area contributed by atoms with Crippen LogP contribution >= 0.6 is 0 Å². The van der Waals surface area contributed by atoms with Crippen molar-refractivity contribution in [2.75, 3.05) is 13.2 Å². The molecule has 1 aliphatic heterocycles. The Balaban J connectivity index is 1.58. The van der Waals surface area contributed by atoms with Crippen molar-refractivity contribution < 1.29 is 40.3 Å². The summed E-state index contributed by atoms with van der Waals surface area (Å²) < 4.78 is 98.2. The van der Waals surface area contributed by atoms with E-state index < -0.39 is 23.6 Å². The largest absolute Gasteiger partial charge is 0.435 e. The average molecular weight is 453 g/mol. The van der Waals surface area contributed by atoms with Gasteiger partial charge in [0.25, 0.3) is 0 Å². The minimum atomic E-state index is -6.13. The highest BCUT2D eigenvalue weighted by Crippen LogP contribution is 2.55. The second-order valence-electron chi connectivity index (χ2n) is 8.63. The van der Waals surface area contributed by atoms with Gasteiger partial charge in [0, 0.05) is 18.1 Å². The highest BCUT2D eigenvalue weighted by molar-refractivity contribution is 5.80. The van der Waals surface area contributed by atoms with Gasteiger partial charge in [0.1, 0.15) is 0 Å². The summed E-state index contributed by atoms with van der Waals surface area (Å²) in [5.74, 6) is -0.524. The second-order valence-corrected chi connectivity index (χ2v) is 8.63. The minimum Gasteiger partial charge on any atom is -0.379 e. The molecule has 1 aromatic rings. The highest BCUT2D eigenvalue weighted by atomic mass is 19.4. The zero-order chi connectivity index (χ0) is 22.6. The summed E-state index contributed by atoms with van der Waals surface area (Å²) in [6.07, 6.45) is -9.66. The number of fused-ring (bicyclic) bond motifs is 3. The van der Waals surface area contributed by atoms with Crippen LogP contribution in [0.25, 0.3) is 0 Å². The van der Waals surface area contributed by atoms with E-state index in [2.05, 4.69) is 5.32 Å². The molecule has 1 saturated carbocycles. The van der Waals surface area contributed by atoms with Crippen molar-refractivity contribution in [3.05, 3.63) is 34.9 Å². The van der Waals surface area contributed by atoms with Crippen molar-refractivity contribution in [2.24, 2.45) is 11.8 Å². The molecule has 172 valence electrons. The zero-order valence-electron chi connectivity index (χ0n) is 16.5. The molecule has 1 aromatic carbocycles. The number of carbonyl (C=O) groups is 1. The van der Waals surface area contributed by atoms with Crippen LogP contribution in [0.3, 0.4) is 0 Å². The lowest BCUT2D eigenvalue weighted by Gasteiger charge is -2.34. The molecule has 31 heavy (non-hydrogen) atoms. The van der Waals surface area contributed by atoms with Crippen molar-refractivity contribution in [1.82, 2.24) is 5.32 Å². The van der Waals surface area contributed by atoms with E-state index in [1.165, 1.54) is 6.07 Å². The normalized spacial score (nSPS) is 28.9. The topological polar surface area (TPSA) is 38.3 Å². The summed E-state index contributed by atoms with van der Waals surface area (Å²) in [7, 11) is 0. The molecule has 2 fully saturated rings. The van der Waals surface area contributed by atoms with Gasteiger partial charge in [-0.15, -0.1) is 0 Å². The van der Waals surface area contributed by atoms with Crippen LogP contribution in [0.1, 0.15) is 48.3 Å². The summed E-state index contributed by atoms with van der Waals surface area (Å²) in [5, 5.41) is 2.98. The highest BCUT2D eigenvalue weighted by Gasteiger charge is 2.73. The first-order chi connectivity index (χ1) is 14.4. The van der Waals surface area contributed by atoms with Crippen molar-refractivity contribution in [1.29, 1.82) is 0 Å². The standard InChI is InChI=1S/C21H22F7NO2/c22-19(20(23,24)25,21(26,27)28)12-2-4-14-11(9-12)1-3-16-15(14)5-6-17(16)18(30)29-13-7-8-31-10-13/h2,4,9,13,15-17H,1,3,5-8,10H2,(H,29,30)/t13-,15-,16+,17+/m0/s1. The third kappa shape index (κ3) is 3.70. The predicted octanol–water partition coefficient (Wildman–Crippen LogP) is 4.94. The lowest BCUT2D eigenvalue weighted by molar-refractivity contribution is -0.348. The maximum absolute atomic E-state index is 14.4. The van der Waals surface area contributed by atoms with Crippen LogP contribution in [-0.2, 0) is 21.6 Å². The Morgan fingerprint density at radius 1 is 0.968 bits per heavy atom. The Morgan fingerprint density at radius 2 is 1.68 bits per heavy atom. The summed E-state index contributed by atoms with van der Waals surface area (Å²) >= 11 is 0. The quantitative estimate of drug-likeness (QED) is 0.659. The van der Waals surface area contributed by atoms with Gasteiger partial charge in [-0.05, 0) is 55.1 Å². The Morgan fingerprint density at radius 3 is 2.29 bits per heavy atom. The molecule has 1 saturated heterocycles. The molecule has 2 aliphatic carbocycles.